The molecule has 2 aromatic carbocycles. The van der Waals surface area contributed by atoms with Crippen molar-refractivity contribution < 1.29 is 24.0 Å². The second kappa shape index (κ2) is 17.8. The van der Waals surface area contributed by atoms with E-state index in [4.69, 9.17) is 23.2 Å². The average molecular weight is 745 g/mol. The highest BCUT2D eigenvalue weighted by Gasteiger charge is 2.31. The molecule has 0 radical (unpaired) electrons. The second-order valence-corrected chi connectivity index (χ2v) is 14.5. The molecule has 4 N–H and O–H groups in total. The Labute approximate surface area is 306 Å². The van der Waals surface area contributed by atoms with Crippen LogP contribution in [0.2, 0.25) is 10.0 Å². The van der Waals surface area contributed by atoms with Crippen molar-refractivity contribution in [3.63, 3.8) is 0 Å². The van der Waals surface area contributed by atoms with Crippen LogP contribution in [0.1, 0.15) is 60.4 Å². The Hall–Kier alpha value is -4.04. The van der Waals surface area contributed by atoms with Gasteiger partial charge >= 0.3 is 0 Å². The Morgan fingerprint density at radius 3 is 2.32 bits per heavy atom. The molecule has 2 heterocycles. The molecule has 0 fully saturated rings. The fourth-order valence-corrected chi connectivity index (χ4v) is 6.63. The number of rotatable bonds is 5. The summed E-state index contributed by atoms with van der Waals surface area (Å²) in [5.74, 6) is -2.67. The van der Waals surface area contributed by atoms with Crippen molar-refractivity contribution >= 4 is 64.1 Å². The highest BCUT2D eigenvalue weighted by Crippen LogP contribution is 2.24. The van der Waals surface area contributed by atoms with Crippen LogP contribution in [0.4, 0.5) is 0 Å². The number of carbonyl (C=O) groups excluding carboxylic acids is 5. The molecule has 12 nitrogen and oxygen atoms in total. The zero-order valence-corrected chi connectivity index (χ0v) is 31.0. The Morgan fingerprint density at radius 1 is 0.900 bits per heavy atom. The topological polar surface area (TPSA) is 153 Å². The number of hydrogen-bond acceptors (Lipinski definition) is 8. The number of halogens is 2. The van der Waals surface area contributed by atoms with Crippen LogP contribution in [0.15, 0.2) is 53.9 Å². The number of aromatic nitrogens is 1. The van der Waals surface area contributed by atoms with Gasteiger partial charge in [-0.25, -0.2) is 4.98 Å². The van der Waals surface area contributed by atoms with Gasteiger partial charge in [-0.1, -0.05) is 67.4 Å². The molecule has 0 saturated heterocycles. The van der Waals surface area contributed by atoms with E-state index >= 15 is 0 Å². The van der Waals surface area contributed by atoms with Gasteiger partial charge in [-0.2, -0.15) is 0 Å². The third kappa shape index (κ3) is 10.7. The molecule has 5 amide bonds. The minimum Gasteiger partial charge on any atom is -0.345 e. The van der Waals surface area contributed by atoms with Crippen LogP contribution in [0.5, 0.6) is 0 Å². The molecule has 0 spiro atoms. The predicted molar refractivity (Wildman–Crippen MR) is 194 cm³/mol. The van der Waals surface area contributed by atoms with Crippen molar-refractivity contribution in [2.24, 2.45) is 5.92 Å². The Bertz CT molecular complexity index is 1690. The normalized spacial score (nSPS) is 22.3. The Balaban J connectivity index is 1.68. The van der Waals surface area contributed by atoms with E-state index in [1.54, 1.807) is 51.4 Å². The number of carbonyl (C=O) groups is 5. The molecule has 1 aliphatic heterocycles. The zero-order valence-electron chi connectivity index (χ0n) is 28.7. The second-order valence-electron chi connectivity index (χ2n) is 12.7. The smallest absolute Gasteiger partial charge is 0.271 e. The van der Waals surface area contributed by atoms with E-state index in [1.807, 2.05) is 35.2 Å². The van der Waals surface area contributed by atoms with Gasteiger partial charge in [0.2, 0.25) is 23.6 Å². The highest BCUT2D eigenvalue weighted by atomic mass is 35.5. The minimum atomic E-state index is -1.00. The first-order valence-corrected chi connectivity index (χ1v) is 18.0. The van der Waals surface area contributed by atoms with Gasteiger partial charge in [0.15, 0.2) is 0 Å². The lowest BCUT2D eigenvalue weighted by molar-refractivity contribution is -0.136. The van der Waals surface area contributed by atoms with Gasteiger partial charge < -0.3 is 26.2 Å². The molecule has 4 atom stereocenters. The van der Waals surface area contributed by atoms with E-state index < -0.39 is 41.9 Å². The molecule has 0 aliphatic carbocycles. The number of nitrogens with zero attached hydrogens (tertiary/aromatic N) is 3. The van der Waals surface area contributed by atoms with E-state index in [1.165, 1.54) is 23.2 Å². The molecular weight excluding hydrogens is 701 g/mol. The standard InChI is InChI=1S/C35H43Cl2N7O5S/c1-20(2)30-33(48)39-22(4)35(49)43(5)13-14-44(17-24-16-25(36)11-12-26(24)37)18-29(45)40-27(15-23-9-7-6-8-10-23)34-41-28(19-50-34)32(47)38-21(3)31(46)42-30/h6-12,16,19-22,27,30H,13-15,17-18H2,1-5H3,(H,38,47)(H,39,48)(H,40,45)(H,42,46)/t21-,22+,27-,30-/m0/s1. The fourth-order valence-electron chi connectivity index (χ4n) is 5.41. The maximum absolute atomic E-state index is 13.7. The van der Waals surface area contributed by atoms with Gasteiger partial charge in [-0.05, 0) is 55.5 Å². The van der Waals surface area contributed by atoms with Crippen LogP contribution < -0.4 is 21.3 Å². The van der Waals surface area contributed by atoms with Gasteiger partial charge in [0.1, 0.15) is 28.8 Å². The monoisotopic (exact) mass is 743 g/mol. The summed E-state index contributed by atoms with van der Waals surface area (Å²) in [7, 11) is 1.62. The number of thiazole rings is 1. The molecule has 1 aromatic heterocycles. The largest absolute Gasteiger partial charge is 0.345 e. The zero-order chi connectivity index (χ0) is 36.5. The van der Waals surface area contributed by atoms with Gasteiger partial charge in [-0.3, -0.25) is 28.9 Å². The van der Waals surface area contributed by atoms with Crippen molar-refractivity contribution in [3.8, 4) is 0 Å². The maximum atomic E-state index is 13.7. The SMILES string of the molecule is CC(C)[C@@H]1NC(=O)[C@H](C)NC(=O)c2csc(n2)[C@H](Cc2ccccc2)NC(=O)CN(Cc2cc(Cl)ccc2Cl)CCN(C)C(=O)[C@@H](C)NC1=O. The number of fused-ring (bicyclic) bond motifs is 2. The Morgan fingerprint density at radius 2 is 1.62 bits per heavy atom. The molecule has 268 valence electrons. The summed E-state index contributed by atoms with van der Waals surface area (Å²) >= 11 is 14.0. The summed E-state index contributed by atoms with van der Waals surface area (Å²) in [5, 5.41) is 14.2. The molecule has 0 unspecified atom stereocenters. The molecular formula is C35H43Cl2N7O5S. The summed E-state index contributed by atoms with van der Waals surface area (Å²) < 4.78 is 0. The van der Waals surface area contributed by atoms with Gasteiger partial charge in [0.25, 0.3) is 5.91 Å². The predicted octanol–water partition coefficient (Wildman–Crippen LogP) is 3.59. The van der Waals surface area contributed by atoms with Gasteiger partial charge in [0, 0.05) is 42.1 Å². The quantitative estimate of drug-likeness (QED) is 0.312. The van der Waals surface area contributed by atoms with E-state index in [0.29, 0.717) is 27.0 Å². The summed E-state index contributed by atoms with van der Waals surface area (Å²) in [6, 6.07) is 11.3. The van der Waals surface area contributed by atoms with Crippen LogP contribution in [-0.4, -0.2) is 89.1 Å². The van der Waals surface area contributed by atoms with Crippen molar-refractivity contribution in [3.05, 3.63) is 85.8 Å². The van der Waals surface area contributed by atoms with E-state index in [2.05, 4.69) is 26.3 Å². The van der Waals surface area contributed by atoms with Crippen molar-refractivity contribution in [1.29, 1.82) is 0 Å². The van der Waals surface area contributed by atoms with Gasteiger partial charge in [0.05, 0.1) is 12.6 Å². The summed E-state index contributed by atoms with van der Waals surface area (Å²) in [5.41, 5.74) is 1.75. The lowest BCUT2D eigenvalue weighted by Gasteiger charge is -2.29. The first-order valence-electron chi connectivity index (χ1n) is 16.3. The molecule has 3 aromatic rings. The van der Waals surface area contributed by atoms with E-state index in [9.17, 15) is 24.0 Å². The number of hydrogen-bond donors (Lipinski definition) is 4. The van der Waals surface area contributed by atoms with Crippen LogP contribution >= 0.6 is 34.5 Å². The first-order chi connectivity index (χ1) is 23.7. The number of nitrogens with one attached hydrogen (secondary N) is 4. The lowest BCUT2D eigenvalue weighted by Crippen LogP contribution is -2.57. The molecule has 1 aliphatic rings. The number of likely N-dealkylation sites (N-methyl/N-ethyl adjacent to an activating group) is 1. The van der Waals surface area contributed by atoms with Crippen LogP contribution in [0.25, 0.3) is 0 Å². The summed E-state index contributed by atoms with van der Waals surface area (Å²) in [4.78, 5) is 74.6. The van der Waals surface area contributed by atoms with Crippen molar-refractivity contribution in [2.75, 3.05) is 26.7 Å². The number of amides is 5. The van der Waals surface area contributed by atoms with Crippen LogP contribution in [-0.2, 0) is 32.1 Å². The van der Waals surface area contributed by atoms with Crippen molar-refractivity contribution in [1.82, 2.24) is 36.1 Å². The van der Waals surface area contributed by atoms with E-state index in [-0.39, 0.29) is 49.6 Å². The average Bonchev–Trinajstić information content (AvgIpc) is 3.57. The molecule has 4 rings (SSSR count). The minimum absolute atomic E-state index is 0.0530. The number of benzene rings is 2. The summed E-state index contributed by atoms with van der Waals surface area (Å²) in [6.45, 7) is 7.34. The first kappa shape index (κ1) is 38.8. The third-order valence-corrected chi connectivity index (χ3v) is 9.85. The van der Waals surface area contributed by atoms with Crippen molar-refractivity contribution in [2.45, 2.75) is 64.8 Å². The molecule has 50 heavy (non-hydrogen) atoms. The summed E-state index contributed by atoms with van der Waals surface area (Å²) in [6.07, 6.45) is 0.410. The fraction of sp³-hybridized carbons (Fsp3) is 0.429. The lowest BCUT2D eigenvalue weighted by atomic mass is 10.0. The van der Waals surface area contributed by atoms with Crippen LogP contribution in [0, 0.1) is 5.92 Å². The van der Waals surface area contributed by atoms with Crippen LogP contribution in [0.3, 0.4) is 0 Å². The Kier molecular flexibility index (Phi) is 13.8. The molecule has 0 saturated carbocycles. The highest BCUT2D eigenvalue weighted by molar-refractivity contribution is 7.09. The third-order valence-electron chi connectivity index (χ3n) is 8.28. The molecule has 2 bridgehead atoms. The van der Waals surface area contributed by atoms with Gasteiger partial charge in [-0.15, -0.1) is 11.3 Å². The van der Waals surface area contributed by atoms with E-state index in [0.717, 1.165) is 5.56 Å². The molecule has 15 heteroatoms. The maximum Gasteiger partial charge on any atom is 0.271 e.